The van der Waals surface area contributed by atoms with Crippen LogP contribution in [0.15, 0.2) is 53.7 Å². The molecule has 9 heteroatoms. The first-order chi connectivity index (χ1) is 14.6. The molecule has 2 heterocycles. The predicted molar refractivity (Wildman–Crippen MR) is 116 cm³/mol. The van der Waals surface area contributed by atoms with E-state index in [-0.39, 0.29) is 16.1 Å². The molecule has 0 amide bonds. The molecule has 0 spiro atoms. The van der Waals surface area contributed by atoms with Crippen LogP contribution in [0.2, 0.25) is 0 Å². The second-order valence-corrected chi connectivity index (χ2v) is 10.3. The summed E-state index contributed by atoms with van der Waals surface area (Å²) in [6.45, 7) is 6.38. The lowest BCUT2D eigenvalue weighted by molar-refractivity contribution is 0.509. The van der Waals surface area contributed by atoms with Crippen molar-refractivity contribution in [3.05, 3.63) is 66.0 Å². The van der Waals surface area contributed by atoms with Crippen LogP contribution in [0.5, 0.6) is 0 Å². The third-order valence-corrected chi connectivity index (χ3v) is 7.14. The quantitative estimate of drug-likeness (QED) is 0.614. The van der Waals surface area contributed by atoms with Gasteiger partial charge in [0.2, 0.25) is 0 Å². The van der Waals surface area contributed by atoms with Gasteiger partial charge in [-0.3, -0.25) is 0 Å². The Morgan fingerprint density at radius 1 is 1.06 bits per heavy atom. The van der Waals surface area contributed by atoms with E-state index in [0.717, 1.165) is 23.4 Å². The Balaban J connectivity index is 1.72. The number of anilines is 4. The second kappa shape index (κ2) is 7.56. The van der Waals surface area contributed by atoms with Crippen molar-refractivity contribution in [3.63, 3.8) is 0 Å². The molecular weight excluding hydrogens is 422 g/mol. The highest BCUT2D eigenvalue weighted by molar-refractivity contribution is 7.91. The van der Waals surface area contributed by atoms with Crippen molar-refractivity contribution in [2.24, 2.45) is 0 Å². The lowest BCUT2D eigenvalue weighted by atomic mass is 9.87. The minimum absolute atomic E-state index is 0.0188. The number of halogens is 2. The largest absolute Gasteiger partial charge is 0.340 e. The van der Waals surface area contributed by atoms with Crippen LogP contribution in [0, 0.1) is 11.6 Å². The van der Waals surface area contributed by atoms with Crippen LogP contribution in [0.25, 0.3) is 0 Å². The Morgan fingerprint density at radius 2 is 1.84 bits per heavy atom. The van der Waals surface area contributed by atoms with Gasteiger partial charge in [-0.05, 0) is 29.8 Å². The van der Waals surface area contributed by atoms with Crippen molar-refractivity contribution in [2.45, 2.75) is 31.1 Å². The Bertz CT molecular complexity index is 1260. The molecule has 0 atom stereocenters. The number of hydrogen-bond donors (Lipinski definition) is 1. The van der Waals surface area contributed by atoms with Crippen molar-refractivity contribution in [1.29, 1.82) is 0 Å². The van der Waals surface area contributed by atoms with Crippen molar-refractivity contribution in [1.82, 2.24) is 9.97 Å². The normalized spacial score (nSPS) is 15.1. The van der Waals surface area contributed by atoms with Crippen molar-refractivity contribution in [2.75, 3.05) is 22.5 Å². The van der Waals surface area contributed by atoms with Gasteiger partial charge in [0.05, 0.1) is 10.6 Å². The van der Waals surface area contributed by atoms with Crippen LogP contribution in [0.3, 0.4) is 0 Å². The summed E-state index contributed by atoms with van der Waals surface area (Å²) >= 11 is 0. The van der Waals surface area contributed by atoms with E-state index < -0.39 is 21.5 Å². The smallest absolute Gasteiger partial charge is 0.178 e. The Hall–Kier alpha value is -3.07. The van der Waals surface area contributed by atoms with Gasteiger partial charge < -0.3 is 10.2 Å². The molecule has 1 aromatic heterocycles. The molecule has 6 nitrogen and oxygen atoms in total. The zero-order chi connectivity index (χ0) is 22.4. The summed E-state index contributed by atoms with van der Waals surface area (Å²) in [5.41, 5.74) is 1.93. The van der Waals surface area contributed by atoms with E-state index in [2.05, 4.69) is 29.1 Å². The summed E-state index contributed by atoms with van der Waals surface area (Å²) in [6, 6.07) is 10.4. The number of sulfone groups is 1. The molecule has 0 saturated carbocycles. The number of hydrogen-bond acceptors (Lipinski definition) is 6. The van der Waals surface area contributed by atoms with Crippen molar-refractivity contribution < 1.29 is 17.2 Å². The molecule has 0 radical (unpaired) electrons. The topological polar surface area (TPSA) is 75.2 Å². The highest BCUT2D eigenvalue weighted by atomic mass is 32.2. The maximum Gasteiger partial charge on any atom is 0.178 e. The average Bonchev–Trinajstić information content (AvgIpc) is 3.01. The van der Waals surface area contributed by atoms with Gasteiger partial charge in [-0.1, -0.05) is 26.8 Å². The summed E-state index contributed by atoms with van der Waals surface area (Å²) in [5.74, 6) is -0.898. The molecule has 1 aliphatic heterocycles. The minimum atomic E-state index is -3.36. The Morgan fingerprint density at radius 3 is 2.55 bits per heavy atom. The van der Waals surface area contributed by atoms with Crippen LogP contribution in [0.4, 0.5) is 31.8 Å². The van der Waals surface area contributed by atoms with E-state index in [9.17, 15) is 17.2 Å². The average molecular weight is 445 g/mol. The van der Waals surface area contributed by atoms with E-state index >= 15 is 0 Å². The first-order valence-electron chi connectivity index (χ1n) is 9.80. The van der Waals surface area contributed by atoms with Gasteiger partial charge in [0.15, 0.2) is 21.5 Å². The van der Waals surface area contributed by atoms with Crippen LogP contribution >= 0.6 is 0 Å². The number of fused-ring (bicyclic) bond motifs is 1. The van der Waals surface area contributed by atoms with E-state index in [1.165, 1.54) is 12.4 Å². The minimum Gasteiger partial charge on any atom is -0.340 e. The zero-order valence-corrected chi connectivity index (χ0v) is 18.2. The molecule has 3 aromatic rings. The fourth-order valence-electron chi connectivity index (χ4n) is 3.72. The lowest BCUT2D eigenvalue weighted by Crippen LogP contribution is -2.25. The maximum absolute atomic E-state index is 13.5. The summed E-state index contributed by atoms with van der Waals surface area (Å²) < 4.78 is 51.5. The zero-order valence-electron chi connectivity index (χ0n) is 17.4. The van der Waals surface area contributed by atoms with Gasteiger partial charge in [0, 0.05) is 35.5 Å². The second-order valence-electron chi connectivity index (χ2n) is 8.07. The summed E-state index contributed by atoms with van der Waals surface area (Å²) in [4.78, 5) is 10.7. The molecule has 1 N–H and O–H groups in total. The third kappa shape index (κ3) is 3.97. The van der Waals surface area contributed by atoms with Crippen LogP contribution in [-0.4, -0.2) is 30.7 Å². The van der Waals surface area contributed by atoms with Gasteiger partial charge in [-0.2, -0.15) is 0 Å². The van der Waals surface area contributed by atoms with Gasteiger partial charge in [-0.25, -0.2) is 27.2 Å². The Kier molecular flexibility index (Phi) is 5.17. The van der Waals surface area contributed by atoms with E-state index in [4.69, 9.17) is 0 Å². The monoisotopic (exact) mass is 444 g/mol. The number of aromatic nitrogens is 2. The lowest BCUT2D eigenvalue weighted by Gasteiger charge is -2.22. The molecule has 162 valence electrons. The summed E-state index contributed by atoms with van der Waals surface area (Å²) in [7, 11) is -3.36. The molecule has 2 aromatic carbocycles. The standard InChI is InChI=1S/C22H22F2N4O2S/c1-4-31(29,30)15-6-7-16-19(10-15)28(12-22(16,2)3)21-11-20(25-13-26-21)27-14-5-8-17(23)18(24)9-14/h5-11,13H,4,12H2,1-3H3,(H,25,26,27). The number of benzene rings is 2. The highest BCUT2D eigenvalue weighted by Crippen LogP contribution is 2.45. The summed E-state index contributed by atoms with van der Waals surface area (Å²) in [5, 5.41) is 2.94. The van der Waals surface area contributed by atoms with Gasteiger partial charge in [0.1, 0.15) is 18.0 Å². The molecule has 31 heavy (non-hydrogen) atoms. The third-order valence-electron chi connectivity index (χ3n) is 5.40. The van der Waals surface area contributed by atoms with E-state index in [1.807, 2.05) is 11.0 Å². The van der Waals surface area contributed by atoms with Crippen LogP contribution in [0.1, 0.15) is 26.3 Å². The highest BCUT2D eigenvalue weighted by Gasteiger charge is 2.37. The first kappa shape index (κ1) is 21.2. The maximum atomic E-state index is 13.5. The Labute approximate surface area is 179 Å². The SMILES string of the molecule is CCS(=O)(=O)c1ccc2c(c1)N(c1cc(Nc3ccc(F)c(F)c3)ncn1)CC2(C)C. The molecule has 1 aliphatic rings. The number of nitrogens with zero attached hydrogens (tertiary/aromatic N) is 3. The van der Waals surface area contributed by atoms with E-state index in [0.29, 0.717) is 23.9 Å². The molecule has 0 fully saturated rings. The van der Waals surface area contributed by atoms with Crippen molar-refractivity contribution in [3.8, 4) is 0 Å². The number of nitrogens with one attached hydrogen (secondary N) is 1. The van der Waals surface area contributed by atoms with Gasteiger partial charge in [0.25, 0.3) is 0 Å². The first-order valence-corrected chi connectivity index (χ1v) is 11.4. The molecule has 0 aliphatic carbocycles. The van der Waals surface area contributed by atoms with E-state index in [1.54, 1.807) is 25.1 Å². The molecular formula is C22H22F2N4O2S. The molecule has 0 unspecified atom stereocenters. The predicted octanol–water partition coefficient (Wildman–Crippen LogP) is 4.72. The van der Waals surface area contributed by atoms with Gasteiger partial charge in [-0.15, -0.1) is 0 Å². The molecule has 0 bridgehead atoms. The molecule has 4 rings (SSSR count). The number of rotatable bonds is 5. The van der Waals surface area contributed by atoms with Gasteiger partial charge >= 0.3 is 0 Å². The van der Waals surface area contributed by atoms with Crippen LogP contribution < -0.4 is 10.2 Å². The van der Waals surface area contributed by atoms with Crippen molar-refractivity contribution >= 4 is 32.8 Å². The fraction of sp³-hybridized carbons (Fsp3) is 0.273. The fourth-order valence-corrected chi connectivity index (χ4v) is 4.62. The summed E-state index contributed by atoms with van der Waals surface area (Å²) in [6.07, 6.45) is 1.37. The van der Waals surface area contributed by atoms with Crippen LogP contribution in [-0.2, 0) is 15.3 Å². The molecule has 0 saturated heterocycles.